The zero-order valence-electron chi connectivity index (χ0n) is 16.0. The van der Waals surface area contributed by atoms with Crippen molar-refractivity contribution >= 4 is 11.9 Å². The van der Waals surface area contributed by atoms with Crippen molar-refractivity contribution in [2.24, 2.45) is 5.92 Å². The minimum absolute atomic E-state index is 0.245. The molecule has 0 aliphatic rings. The quantitative estimate of drug-likeness (QED) is 0.688. The molecule has 0 fully saturated rings. The second-order valence-electron chi connectivity index (χ2n) is 7.00. The molecular weight excluding hydrogens is 346 g/mol. The summed E-state index contributed by atoms with van der Waals surface area (Å²) in [6.07, 6.45) is 0.740. The largest absolute Gasteiger partial charge is 0.508 e. The molecule has 0 aromatic heterocycles. The lowest BCUT2D eigenvalue weighted by Crippen LogP contribution is -2.29. The number of aryl methyl sites for hydroxylation is 2. The fraction of sp³-hybridized carbons (Fsp3) is 0.333. The number of hydrogen-bond acceptors (Lipinski definition) is 4. The first-order valence-electron chi connectivity index (χ1n) is 8.78. The fourth-order valence-electron chi connectivity index (χ4n) is 2.75. The van der Waals surface area contributed by atoms with Gasteiger partial charge in [0, 0.05) is 5.56 Å². The van der Waals surface area contributed by atoms with Gasteiger partial charge in [0.05, 0.1) is 0 Å². The Morgan fingerprint density at radius 3 is 2.44 bits per heavy atom. The van der Waals surface area contributed by atoms with E-state index in [1.807, 2.05) is 13.0 Å². The monoisotopic (exact) mass is 371 g/mol. The topological polar surface area (TPSA) is 95.9 Å². The number of phenols is 1. The minimum Gasteiger partial charge on any atom is -0.508 e. The number of aromatic hydroxyl groups is 1. The molecule has 0 saturated carbocycles. The molecule has 3 N–H and O–H groups in total. The van der Waals surface area contributed by atoms with Crippen LogP contribution < -0.4 is 10.1 Å². The van der Waals surface area contributed by atoms with Crippen LogP contribution >= 0.6 is 0 Å². The van der Waals surface area contributed by atoms with Crippen LogP contribution in [0.5, 0.6) is 17.2 Å². The van der Waals surface area contributed by atoms with Gasteiger partial charge in [-0.15, -0.1) is 0 Å². The Labute approximate surface area is 158 Å². The van der Waals surface area contributed by atoms with Gasteiger partial charge in [0.1, 0.15) is 23.8 Å². The minimum atomic E-state index is -1.10. The molecule has 2 aromatic rings. The van der Waals surface area contributed by atoms with Gasteiger partial charge in [0.25, 0.3) is 5.91 Å². The van der Waals surface area contributed by atoms with Gasteiger partial charge in [-0.3, -0.25) is 9.59 Å². The number of amides is 1. The van der Waals surface area contributed by atoms with E-state index in [9.17, 15) is 14.7 Å². The molecule has 144 valence electrons. The second-order valence-corrected chi connectivity index (χ2v) is 7.00. The van der Waals surface area contributed by atoms with E-state index in [0.29, 0.717) is 28.5 Å². The van der Waals surface area contributed by atoms with Crippen LogP contribution in [0.4, 0.5) is 0 Å². The summed E-state index contributed by atoms with van der Waals surface area (Å²) >= 11 is 0. The lowest BCUT2D eigenvalue weighted by atomic mass is 10.0. The Hall–Kier alpha value is -3.02. The Kier molecular flexibility index (Phi) is 6.45. The standard InChI is InChI=1S/C21H25NO5/c1-12(2)7-15-10-16(5-6-18(15)23)27-19-9-13(3)17(8-14(19)4)21(26)22-11-20(24)25/h5-6,8-10,12,23H,7,11H2,1-4H3,(H,22,26)(H,24,25). The van der Waals surface area contributed by atoms with Crippen LogP contribution in [-0.2, 0) is 11.2 Å². The maximum Gasteiger partial charge on any atom is 0.322 e. The van der Waals surface area contributed by atoms with E-state index in [4.69, 9.17) is 9.84 Å². The number of nitrogens with one attached hydrogen (secondary N) is 1. The van der Waals surface area contributed by atoms with Gasteiger partial charge in [-0.1, -0.05) is 13.8 Å². The van der Waals surface area contributed by atoms with E-state index >= 15 is 0 Å². The summed E-state index contributed by atoms with van der Waals surface area (Å²) in [5.41, 5.74) is 2.66. The molecule has 0 saturated heterocycles. The van der Waals surface area contributed by atoms with Crippen molar-refractivity contribution < 1.29 is 24.5 Å². The number of phenolic OH excluding ortho intramolecular Hbond substituents is 1. The molecule has 0 heterocycles. The summed E-state index contributed by atoms with van der Waals surface area (Å²) in [7, 11) is 0. The van der Waals surface area contributed by atoms with Crippen molar-refractivity contribution in [2.45, 2.75) is 34.1 Å². The number of carboxylic acid groups (broad SMARTS) is 1. The maximum atomic E-state index is 12.1. The summed E-state index contributed by atoms with van der Waals surface area (Å²) < 4.78 is 5.96. The average molecular weight is 371 g/mol. The van der Waals surface area contributed by atoms with Gasteiger partial charge in [-0.2, -0.15) is 0 Å². The van der Waals surface area contributed by atoms with E-state index in [2.05, 4.69) is 19.2 Å². The van der Waals surface area contributed by atoms with Crippen molar-refractivity contribution in [1.82, 2.24) is 5.32 Å². The van der Waals surface area contributed by atoms with Crippen LogP contribution in [0.2, 0.25) is 0 Å². The van der Waals surface area contributed by atoms with Crippen LogP contribution in [0.3, 0.4) is 0 Å². The molecule has 0 atom stereocenters. The molecule has 27 heavy (non-hydrogen) atoms. The van der Waals surface area contributed by atoms with Gasteiger partial charge in [0.2, 0.25) is 0 Å². The van der Waals surface area contributed by atoms with Crippen molar-refractivity contribution in [3.05, 3.63) is 52.6 Å². The van der Waals surface area contributed by atoms with Crippen LogP contribution in [0, 0.1) is 19.8 Å². The highest BCUT2D eigenvalue weighted by atomic mass is 16.5. The smallest absolute Gasteiger partial charge is 0.322 e. The normalized spacial score (nSPS) is 10.7. The summed E-state index contributed by atoms with van der Waals surface area (Å²) in [6.45, 7) is 7.31. The van der Waals surface area contributed by atoms with Gasteiger partial charge >= 0.3 is 5.97 Å². The van der Waals surface area contributed by atoms with Gasteiger partial charge in [0.15, 0.2) is 0 Å². The Bertz CT molecular complexity index is 858. The first-order chi connectivity index (χ1) is 12.7. The van der Waals surface area contributed by atoms with Crippen molar-refractivity contribution in [2.75, 3.05) is 6.54 Å². The highest BCUT2D eigenvalue weighted by Gasteiger charge is 2.14. The average Bonchev–Trinajstić information content (AvgIpc) is 2.58. The van der Waals surface area contributed by atoms with Crippen LogP contribution in [0.25, 0.3) is 0 Å². The lowest BCUT2D eigenvalue weighted by Gasteiger charge is -2.15. The summed E-state index contributed by atoms with van der Waals surface area (Å²) in [5, 5.41) is 21.0. The number of ether oxygens (including phenoxy) is 1. The molecule has 6 nitrogen and oxygen atoms in total. The predicted octanol–water partition coefficient (Wildman–Crippen LogP) is 3.81. The van der Waals surface area contributed by atoms with Crippen molar-refractivity contribution in [3.8, 4) is 17.2 Å². The highest BCUT2D eigenvalue weighted by Crippen LogP contribution is 2.31. The Morgan fingerprint density at radius 1 is 1.11 bits per heavy atom. The van der Waals surface area contributed by atoms with E-state index < -0.39 is 18.4 Å². The molecule has 0 aliphatic heterocycles. The van der Waals surface area contributed by atoms with Crippen molar-refractivity contribution in [1.29, 1.82) is 0 Å². The molecule has 0 bridgehead atoms. The Balaban J connectivity index is 2.24. The summed E-state index contributed by atoms with van der Waals surface area (Å²) in [5.74, 6) is 0.321. The third-order valence-electron chi connectivity index (χ3n) is 4.07. The number of carbonyl (C=O) groups excluding carboxylic acids is 1. The first-order valence-corrected chi connectivity index (χ1v) is 8.78. The summed E-state index contributed by atoms with van der Waals surface area (Å²) in [6, 6.07) is 8.55. The van der Waals surface area contributed by atoms with E-state index in [-0.39, 0.29) is 5.75 Å². The zero-order chi connectivity index (χ0) is 20.1. The molecule has 2 aromatic carbocycles. The van der Waals surface area contributed by atoms with Gasteiger partial charge in [-0.05, 0) is 73.2 Å². The molecule has 0 spiro atoms. The van der Waals surface area contributed by atoms with Crippen LogP contribution in [-0.4, -0.2) is 28.6 Å². The first kappa shape index (κ1) is 20.3. The number of rotatable bonds is 7. The number of aliphatic carboxylic acids is 1. The molecule has 1 amide bonds. The lowest BCUT2D eigenvalue weighted by molar-refractivity contribution is -0.135. The fourth-order valence-corrected chi connectivity index (χ4v) is 2.75. The molecular formula is C21H25NO5. The number of carbonyl (C=O) groups is 2. The molecule has 2 rings (SSSR count). The molecule has 0 radical (unpaired) electrons. The molecule has 0 aliphatic carbocycles. The van der Waals surface area contributed by atoms with Crippen LogP contribution in [0.1, 0.15) is 40.9 Å². The summed E-state index contributed by atoms with van der Waals surface area (Å²) in [4.78, 5) is 22.7. The van der Waals surface area contributed by atoms with Crippen LogP contribution in [0.15, 0.2) is 30.3 Å². The third-order valence-corrected chi connectivity index (χ3v) is 4.07. The van der Waals surface area contributed by atoms with E-state index in [1.54, 1.807) is 31.2 Å². The molecule has 6 heteroatoms. The zero-order valence-corrected chi connectivity index (χ0v) is 16.0. The SMILES string of the molecule is Cc1cc(C(=O)NCC(=O)O)c(C)cc1Oc1ccc(O)c(CC(C)C)c1. The molecule has 0 unspecified atom stereocenters. The number of benzene rings is 2. The third kappa shape index (κ3) is 5.48. The van der Waals surface area contributed by atoms with Crippen molar-refractivity contribution in [3.63, 3.8) is 0 Å². The van der Waals surface area contributed by atoms with Gasteiger partial charge < -0.3 is 20.3 Å². The van der Waals surface area contributed by atoms with E-state index in [1.165, 1.54) is 0 Å². The maximum absolute atomic E-state index is 12.1. The number of hydrogen-bond donors (Lipinski definition) is 3. The number of carboxylic acids is 1. The Morgan fingerprint density at radius 2 is 1.81 bits per heavy atom. The van der Waals surface area contributed by atoms with Gasteiger partial charge in [-0.25, -0.2) is 0 Å². The van der Waals surface area contributed by atoms with E-state index in [0.717, 1.165) is 17.5 Å². The second kappa shape index (κ2) is 8.58. The highest BCUT2D eigenvalue weighted by molar-refractivity contribution is 5.97. The predicted molar refractivity (Wildman–Crippen MR) is 103 cm³/mol.